The molecule has 0 aliphatic carbocycles. The molecule has 0 radical (unpaired) electrons. The highest BCUT2D eigenvalue weighted by molar-refractivity contribution is 14.0. The zero-order chi connectivity index (χ0) is 18.1. The topological polar surface area (TPSA) is 57.5 Å². The summed E-state index contributed by atoms with van der Waals surface area (Å²) in [5.41, 5.74) is 2.45. The Hall–Kier alpha value is -1.61. The highest BCUT2D eigenvalue weighted by Crippen LogP contribution is 2.19. The van der Waals surface area contributed by atoms with Crippen LogP contribution in [0.25, 0.3) is 0 Å². The maximum absolute atomic E-state index is 4.34. The lowest BCUT2D eigenvalue weighted by Crippen LogP contribution is -2.43. The largest absolute Gasteiger partial charge is 0.354 e. The van der Waals surface area contributed by atoms with Crippen LogP contribution in [0.4, 0.5) is 0 Å². The van der Waals surface area contributed by atoms with E-state index in [0.29, 0.717) is 12.6 Å². The Kier molecular flexibility index (Phi) is 10.3. The van der Waals surface area contributed by atoms with E-state index in [9.17, 15) is 0 Å². The van der Waals surface area contributed by atoms with Crippen molar-refractivity contribution in [3.63, 3.8) is 0 Å². The Bertz CT molecular complexity index is 651. The molecule has 0 bridgehead atoms. The molecule has 2 rings (SSSR count). The Morgan fingerprint density at radius 3 is 2.42 bits per heavy atom. The average Bonchev–Trinajstić information content (AvgIpc) is 3.07. The van der Waals surface area contributed by atoms with E-state index in [0.717, 1.165) is 31.2 Å². The third kappa shape index (κ3) is 6.60. The number of halogens is 1. The van der Waals surface area contributed by atoms with Crippen molar-refractivity contribution in [3.05, 3.63) is 53.9 Å². The molecule has 0 fully saturated rings. The second-order valence-corrected chi connectivity index (χ2v) is 5.98. The zero-order valence-electron chi connectivity index (χ0n) is 16.1. The molecule has 6 nitrogen and oxygen atoms in total. The molecule has 1 atom stereocenters. The van der Waals surface area contributed by atoms with Gasteiger partial charge in [0.1, 0.15) is 0 Å². The molecule has 2 aromatic rings. The van der Waals surface area contributed by atoms with E-state index < -0.39 is 0 Å². The van der Waals surface area contributed by atoms with Crippen LogP contribution < -0.4 is 10.6 Å². The number of aryl methyl sites for hydroxylation is 1. The van der Waals surface area contributed by atoms with Crippen molar-refractivity contribution in [2.75, 3.05) is 26.7 Å². The zero-order valence-corrected chi connectivity index (χ0v) is 18.5. The minimum Gasteiger partial charge on any atom is -0.354 e. The Morgan fingerprint density at radius 2 is 1.88 bits per heavy atom. The molecule has 1 aromatic heterocycles. The minimum absolute atomic E-state index is 0. The molecule has 1 heterocycles. The number of guanidine groups is 1. The van der Waals surface area contributed by atoms with Gasteiger partial charge in [-0.15, -0.1) is 24.0 Å². The SMILES string of the molecule is CCN(CC)C(CNC(=NC)NCc1cnn(C)c1)c1ccccc1.I. The summed E-state index contributed by atoms with van der Waals surface area (Å²) in [6.45, 7) is 7.94. The second-order valence-electron chi connectivity index (χ2n) is 5.98. The summed E-state index contributed by atoms with van der Waals surface area (Å²) in [6.07, 6.45) is 3.87. The van der Waals surface area contributed by atoms with Crippen molar-refractivity contribution < 1.29 is 0 Å². The van der Waals surface area contributed by atoms with Gasteiger partial charge in [0.15, 0.2) is 5.96 Å². The van der Waals surface area contributed by atoms with Crippen LogP contribution in [0.1, 0.15) is 31.0 Å². The minimum atomic E-state index is 0. The van der Waals surface area contributed by atoms with Gasteiger partial charge >= 0.3 is 0 Å². The molecule has 2 N–H and O–H groups in total. The highest BCUT2D eigenvalue weighted by atomic mass is 127. The van der Waals surface area contributed by atoms with Gasteiger partial charge in [-0.05, 0) is 18.7 Å². The highest BCUT2D eigenvalue weighted by Gasteiger charge is 2.18. The van der Waals surface area contributed by atoms with E-state index in [1.807, 2.05) is 19.4 Å². The Balaban J connectivity index is 0.00000338. The summed E-state index contributed by atoms with van der Waals surface area (Å²) in [5, 5.41) is 11.0. The van der Waals surface area contributed by atoms with Gasteiger partial charge in [-0.1, -0.05) is 44.2 Å². The van der Waals surface area contributed by atoms with Crippen molar-refractivity contribution in [3.8, 4) is 0 Å². The van der Waals surface area contributed by atoms with Gasteiger partial charge in [-0.25, -0.2) is 0 Å². The molecule has 0 aliphatic heterocycles. The molecule has 0 saturated carbocycles. The monoisotopic (exact) mass is 470 g/mol. The lowest BCUT2D eigenvalue weighted by Gasteiger charge is -2.30. The number of hydrogen-bond donors (Lipinski definition) is 2. The molecule has 0 amide bonds. The van der Waals surface area contributed by atoms with Crippen molar-refractivity contribution in [2.45, 2.75) is 26.4 Å². The van der Waals surface area contributed by atoms with Crippen LogP contribution in [0.15, 0.2) is 47.7 Å². The van der Waals surface area contributed by atoms with Crippen LogP contribution >= 0.6 is 24.0 Å². The van der Waals surface area contributed by atoms with Gasteiger partial charge in [-0.3, -0.25) is 14.6 Å². The summed E-state index contributed by atoms with van der Waals surface area (Å²) in [7, 11) is 3.72. The molecule has 144 valence electrons. The van der Waals surface area contributed by atoms with E-state index in [1.54, 1.807) is 11.7 Å². The van der Waals surface area contributed by atoms with Gasteiger partial charge in [0.05, 0.1) is 12.2 Å². The molecule has 1 aromatic carbocycles. The lowest BCUT2D eigenvalue weighted by molar-refractivity contribution is 0.219. The predicted molar refractivity (Wildman–Crippen MR) is 119 cm³/mol. The summed E-state index contributed by atoms with van der Waals surface area (Å²) in [5.74, 6) is 0.803. The number of aromatic nitrogens is 2. The third-order valence-electron chi connectivity index (χ3n) is 4.34. The van der Waals surface area contributed by atoms with Crippen molar-refractivity contribution in [1.82, 2.24) is 25.3 Å². The number of rotatable bonds is 8. The molecular weight excluding hydrogens is 439 g/mol. The molecule has 0 spiro atoms. The Morgan fingerprint density at radius 1 is 1.19 bits per heavy atom. The lowest BCUT2D eigenvalue weighted by atomic mass is 10.1. The number of nitrogens with one attached hydrogen (secondary N) is 2. The standard InChI is InChI=1S/C19H30N6.HI/c1-5-25(6-2)18(17-10-8-7-9-11-17)14-22-19(20-3)21-12-16-13-23-24(4)15-16;/h7-11,13,15,18H,5-6,12,14H2,1-4H3,(H2,20,21,22);1H. The quantitative estimate of drug-likeness (QED) is 0.354. The maximum atomic E-state index is 4.34. The van der Waals surface area contributed by atoms with Gasteiger partial charge in [0, 0.05) is 38.9 Å². The fourth-order valence-corrected chi connectivity index (χ4v) is 2.96. The van der Waals surface area contributed by atoms with Gasteiger partial charge in [0.2, 0.25) is 0 Å². The van der Waals surface area contributed by atoms with E-state index in [4.69, 9.17) is 0 Å². The second kappa shape index (κ2) is 11.9. The Labute approximate surface area is 174 Å². The molecule has 7 heteroatoms. The fraction of sp³-hybridized carbons (Fsp3) is 0.474. The smallest absolute Gasteiger partial charge is 0.191 e. The number of hydrogen-bond acceptors (Lipinski definition) is 3. The first-order chi connectivity index (χ1) is 12.2. The number of aliphatic imine (C=N–C) groups is 1. The van der Waals surface area contributed by atoms with E-state index >= 15 is 0 Å². The molecule has 1 unspecified atom stereocenters. The molecular formula is C19H31IN6. The van der Waals surface area contributed by atoms with Gasteiger partial charge in [0.25, 0.3) is 0 Å². The first-order valence-electron chi connectivity index (χ1n) is 8.88. The fourth-order valence-electron chi connectivity index (χ4n) is 2.96. The van der Waals surface area contributed by atoms with Crippen LogP contribution in [0.2, 0.25) is 0 Å². The third-order valence-corrected chi connectivity index (χ3v) is 4.34. The van der Waals surface area contributed by atoms with Crippen molar-refractivity contribution >= 4 is 29.9 Å². The predicted octanol–water partition coefficient (Wildman–Crippen LogP) is 2.79. The average molecular weight is 470 g/mol. The first-order valence-corrected chi connectivity index (χ1v) is 8.88. The number of benzene rings is 1. The van der Waals surface area contributed by atoms with Crippen LogP contribution in [0, 0.1) is 0 Å². The van der Waals surface area contributed by atoms with Crippen molar-refractivity contribution in [2.24, 2.45) is 12.0 Å². The van der Waals surface area contributed by atoms with E-state index in [2.05, 4.69) is 69.8 Å². The maximum Gasteiger partial charge on any atom is 0.191 e. The normalized spacial score (nSPS) is 12.6. The summed E-state index contributed by atoms with van der Waals surface area (Å²) in [6, 6.07) is 11.0. The van der Waals surface area contributed by atoms with E-state index in [-0.39, 0.29) is 24.0 Å². The number of likely N-dealkylation sites (N-methyl/N-ethyl adjacent to an activating group) is 1. The summed E-state index contributed by atoms with van der Waals surface area (Å²) in [4.78, 5) is 6.79. The van der Waals surface area contributed by atoms with Gasteiger partial charge in [-0.2, -0.15) is 5.10 Å². The summed E-state index contributed by atoms with van der Waals surface area (Å²) >= 11 is 0. The van der Waals surface area contributed by atoms with Crippen LogP contribution in [-0.2, 0) is 13.6 Å². The first kappa shape index (κ1) is 22.4. The molecule has 0 aliphatic rings. The van der Waals surface area contributed by atoms with Gasteiger partial charge < -0.3 is 10.6 Å². The van der Waals surface area contributed by atoms with Crippen molar-refractivity contribution in [1.29, 1.82) is 0 Å². The molecule has 0 saturated heterocycles. The van der Waals surface area contributed by atoms with Crippen LogP contribution in [0.3, 0.4) is 0 Å². The van der Waals surface area contributed by atoms with Crippen LogP contribution in [0.5, 0.6) is 0 Å². The van der Waals surface area contributed by atoms with Crippen LogP contribution in [-0.4, -0.2) is 47.3 Å². The number of nitrogens with zero attached hydrogens (tertiary/aromatic N) is 4. The molecule has 26 heavy (non-hydrogen) atoms. The summed E-state index contributed by atoms with van der Waals surface area (Å²) < 4.78 is 1.80. The van der Waals surface area contributed by atoms with E-state index in [1.165, 1.54) is 5.56 Å².